The zero-order valence-electron chi connectivity index (χ0n) is 14.2. The topological polar surface area (TPSA) is 57.3 Å². The molecule has 1 aliphatic carbocycles. The van der Waals surface area contributed by atoms with E-state index in [0.29, 0.717) is 12.6 Å². The molecule has 0 aromatic carbocycles. The van der Waals surface area contributed by atoms with Crippen molar-refractivity contribution in [3.8, 4) is 6.07 Å². The maximum absolute atomic E-state index is 12.5. The first-order valence-electron chi connectivity index (χ1n) is 8.57. The molecule has 1 aromatic heterocycles. The van der Waals surface area contributed by atoms with Gasteiger partial charge >= 0.3 is 0 Å². The van der Waals surface area contributed by atoms with Gasteiger partial charge in [-0.15, -0.1) is 11.3 Å². The molecule has 1 saturated carbocycles. The van der Waals surface area contributed by atoms with Crippen molar-refractivity contribution in [1.82, 2.24) is 5.32 Å². The summed E-state index contributed by atoms with van der Waals surface area (Å²) in [6, 6.07) is 5.00. The lowest BCUT2D eigenvalue weighted by molar-refractivity contribution is -0.928. The number of thiophene rings is 1. The Bertz CT molecular complexity index is 628. The number of nitriles is 1. The molecule has 4 nitrogen and oxygen atoms in total. The second kappa shape index (κ2) is 6.26. The van der Waals surface area contributed by atoms with E-state index in [4.69, 9.17) is 0 Å². The molecule has 5 heteroatoms. The Morgan fingerprint density at radius 1 is 1.57 bits per heavy atom. The van der Waals surface area contributed by atoms with E-state index in [1.165, 1.54) is 28.2 Å². The second-order valence-electron chi connectivity index (χ2n) is 7.47. The predicted octanol–water partition coefficient (Wildman–Crippen LogP) is 1.69. The van der Waals surface area contributed by atoms with Crippen LogP contribution in [-0.2, 0) is 11.2 Å². The van der Waals surface area contributed by atoms with Crippen LogP contribution >= 0.6 is 11.3 Å². The number of hydrogen-bond acceptors (Lipinski definition) is 3. The third-order valence-electron chi connectivity index (χ3n) is 5.50. The quantitative estimate of drug-likeness (QED) is 0.862. The molecule has 0 radical (unpaired) electrons. The summed E-state index contributed by atoms with van der Waals surface area (Å²) in [5, 5.41) is 14.6. The highest BCUT2D eigenvalue weighted by molar-refractivity contribution is 7.10. The molecule has 2 heterocycles. The molecule has 0 spiro atoms. The van der Waals surface area contributed by atoms with Gasteiger partial charge in [0.25, 0.3) is 5.91 Å². The van der Waals surface area contributed by atoms with E-state index in [1.54, 1.807) is 0 Å². The van der Waals surface area contributed by atoms with Crippen molar-refractivity contribution in [2.24, 2.45) is 11.8 Å². The summed E-state index contributed by atoms with van der Waals surface area (Å²) in [6.45, 7) is 7.26. The third kappa shape index (κ3) is 3.29. The monoisotopic (exact) mass is 332 g/mol. The molecule has 1 unspecified atom stereocenters. The molecule has 3 atom stereocenters. The molecule has 1 aliphatic heterocycles. The summed E-state index contributed by atoms with van der Waals surface area (Å²) < 4.78 is 0. The van der Waals surface area contributed by atoms with E-state index in [1.807, 2.05) is 32.1 Å². The van der Waals surface area contributed by atoms with E-state index in [9.17, 15) is 10.1 Å². The molecule has 2 N–H and O–H groups in total. The van der Waals surface area contributed by atoms with Gasteiger partial charge in [-0.25, -0.2) is 0 Å². The van der Waals surface area contributed by atoms with Crippen LogP contribution in [0.5, 0.6) is 0 Å². The molecular weight excluding hydrogens is 306 g/mol. The fraction of sp³-hybridized carbons (Fsp3) is 0.667. The van der Waals surface area contributed by atoms with E-state index in [2.05, 4.69) is 22.8 Å². The first-order valence-corrected chi connectivity index (χ1v) is 9.45. The van der Waals surface area contributed by atoms with Gasteiger partial charge in [0.2, 0.25) is 0 Å². The number of nitrogens with one attached hydrogen (secondary N) is 2. The SMILES string of the molecule is CC(C)[C@](C)(C#N)NC(=O)C[NH+]1CCc2sccc2[C@@H]1C1CC1. The van der Waals surface area contributed by atoms with Gasteiger partial charge in [0.1, 0.15) is 11.6 Å². The molecule has 3 rings (SSSR count). The zero-order chi connectivity index (χ0) is 16.6. The molecule has 1 amide bonds. The van der Waals surface area contributed by atoms with Crippen molar-refractivity contribution in [3.63, 3.8) is 0 Å². The Kier molecular flexibility index (Phi) is 4.48. The average molecular weight is 332 g/mol. The molecule has 0 bridgehead atoms. The van der Waals surface area contributed by atoms with Crippen molar-refractivity contribution in [3.05, 3.63) is 21.9 Å². The lowest BCUT2D eigenvalue weighted by Gasteiger charge is -2.34. The molecule has 23 heavy (non-hydrogen) atoms. The van der Waals surface area contributed by atoms with Gasteiger partial charge in [0.05, 0.1) is 12.6 Å². The van der Waals surface area contributed by atoms with Crippen molar-refractivity contribution in [2.75, 3.05) is 13.1 Å². The van der Waals surface area contributed by atoms with E-state index >= 15 is 0 Å². The zero-order valence-corrected chi connectivity index (χ0v) is 15.0. The van der Waals surface area contributed by atoms with Crippen LogP contribution in [-0.4, -0.2) is 24.5 Å². The van der Waals surface area contributed by atoms with Gasteiger partial charge in [-0.05, 0) is 37.1 Å². The van der Waals surface area contributed by atoms with E-state index in [-0.39, 0.29) is 11.8 Å². The summed E-state index contributed by atoms with van der Waals surface area (Å²) in [7, 11) is 0. The number of nitrogens with zero attached hydrogens (tertiary/aromatic N) is 1. The largest absolute Gasteiger partial charge is 0.333 e. The Morgan fingerprint density at radius 3 is 2.91 bits per heavy atom. The standard InChI is InChI=1S/C18H25N3OS/c1-12(2)18(3,11-19)20-16(22)10-21-8-6-15-14(7-9-23-15)17(21)13-4-5-13/h7,9,12-13,17H,4-6,8,10H2,1-3H3,(H,20,22)/p+1/t17-,18-/m0/s1. The van der Waals surface area contributed by atoms with Gasteiger partial charge in [0, 0.05) is 22.8 Å². The average Bonchev–Trinajstić information content (AvgIpc) is 3.23. The Balaban J connectivity index is 1.70. The first kappa shape index (κ1) is 16.5. The minimum absolute atomic E-state index is 0.00193. The number of rotatable bonds is 5. The fourth-order valence-corrected chi connectivity index (χ4v) is 4.47. The third-order valence-corrected chi connectivity index (χ3v) is 6.49. The van der Waals surface area contributed by atoms with Gasteiger partial charge in [-0.1, -0.05) is 13.8 Å². The highest BCUT2D eigenvalue weighted by Gasteiger charge is 2.44. The number of amides is 1. The van der Waals surface area contributed by atoms with E-state index in [0.717, 1.165) is 18.9 Å². The van der Waals surface area contributed by atoms with Crippen molar-refractivity contribution >= 4 is 17.2 Å². The van der Waals surface area contributed by atoms with Crippen LogP contribution in [0.25, 0.3) is 0 Å². The van der Waals surface area contributed by atoms with Crippen molar-refractivity contribution in [2.45, 2.75) is 51.6 Å². The highest BCUT2D eigenvalue weighted by Crippen LogP contribution is 2.42. The number of carbonyl (C=O) groups excluding carboxylic acids is 1. The number of carbonyl (C=O) groups is 1. The number of quaternary nitrogens is 1. The van der Waals surface area contributed by atoms with Crippen LogP contribution in [0.15, 0.2) is 11.4 Å². The van der Waals surface area contributed by atoms with Crippen LogP contribution in [0.3, 0.4) is 0 Å². The van der Waals surface area contributed by atoms with Crippen LogP contribution < -0.4 is 10.2 Å². The van der Waals surface area contributed by atoms with Gasteiger partial charge in [-0.3, -0.25) is 4.79 Å². The van der Waals surface area contributed by atoms with Crippen LogP contribution in [0, 0.1) is 23.2 Å². The van der Waals surface area contributed by atoms with Gasteiger partial charge in [0.15, 0.2) is 6.54 Å². The Hall–Kier alpha value is -1.38. The van der Waals surface area contributed by atoms with Crippen molar-refractivity contribution in [1.29, 1.82) is 5.26 Å². The van der Waals surface area contributed by atoms with Gasteiger partial charge < -0.3 is 10.2 Å². The van der Waals surface area contributed by atoms with Gasteiger partial charge in [-0.2, -0.15) is 5.26 Å². The van der Waals surface area contributed by atoms with Crippen LogP contribution in [0.4, 0.5) is 0 Å². The predicted molar refractivity (Wildman–Crippen MR) is 91.2 cm³/mol. The lowest BCUT2D eigenvalue weighted by Crippen LogP contribution is -3.14. The second-order valence-corrected chi connectivity index (χ2v) is 8.47. The molecule has 124 valence electrons. The minimum Gasteiger partial charge on any atom is -0.333 e. The van der Waals surface area contributed by atoms with E-state index < -0.39 is 5.54 Å². The number of fused-ring (bicyclic) bond motifs is 1. The normalized spacial score (nSPS) is 26.2. The summed E-state index contributed by atoms with van der Waals surface area (Å²) >= 11 is 1.86. The molecule has 1 fully saturated rings. The Morgan fingerprint density at radius 2 is 2.30 bits per heavy atom. The molecule has 2 aliphatic rings. The fourth-order valence-electron chi connectivity index (χ4n) is 3.54. The summed E-state index contributed by atoms with van der Waals surface area (Å²) in [6.07, 6.45) is 3.64. The number of hydrogen-bond donors (Lipinski definition) is 2. The Labute approximate surface area is 142 Å². The maximum Gasteiger partial charge on any atom is 0.276 e. The summed E-state index contributed by atoms with van der Waals surface area (Å²) in [5.74, 6) is 0.830. The molecule has 0 saturated heterocycles. The lowest BCUT2D eigenvalue weighted by atomic mass is 9.90. The van der Waals surface area contributed by atoms with Crippen molar-refractivity contribution < 1.29 is 9.69 Å². The highest BCUT2D eigenvalue weighted by atomic mass is 32.1. The first-order chi connectivity index (χ1) is 10.9. The molecular formula is C18H26N3OS+. The smallest absolute Gasteiger partial charge is 0.276 e. The summed E-state index contributed by atoms with van der Waals surface area (Å²) in [4.78, 5) is 15.4. The van der Waals surface area contributed by atoms with Crippen LogP contribution in [0.2, 0.25) is 0 Å². The molecule has 1 aromatic rings. The minimum atomic E-state index is -0.783. The van der Waals surface area contributed by atoms with Crippen LogP contribution in [0.1, 0.15) is 50.1 Å². The maximum atomic E-state index is 12.5. The summed E-state index contributed by atoms with van der Waals surface area (Å²) in [5.41, 5.74) is 0.688.